The third-order valence-corrected chi connectivity index (χ3v) is 4.23. The van der Waals surface area contributed by atoms with Gasteiger partial charge in [0.05, 0.1) is 24.5 Å². The lowest BCUT2D eigenvalue weighted by molar-refractivity contribution is 0.0673. The molecule has 1 fully saturated rings. The lowest BCUT2D eigenvalue weighted by Gasteiger charge is -2.15. The molecule has 1 heterocycles. The fourth-order valence-corrected chi connectivity index (χ4v) is 2.88. The van der Waals surface area contributed by atoms with Crippen molar-refractivity contribution in [1.29, 1.82) is 0 Å². The van der Waals surface area contributed by atoms with Crippen molar-refractivity contribution in [3.8, 4) is 11.5 Å². The van der Waals surface area contributed by atoms with Crippen molar-refractivity contribution < 1.29 is 19.0 Å². The van der Waals surface area contributed by atoms with Crippen LogP contribution in [0.1, 0.15) is 23.2 Å². The van der Waals surface area contributed by atoms with Crippen molar-refractivity contribution in [3.05, 3.63) is 53.1 Å². The van der Waals surface area contributed by atoms with Crippen LogP contribution >= 0.6 is 11.6 Å². The highest BCUT2D eigenvalue weighted by Gasteiger charge is 2.19. The van der Waals surface area contributed by atoms with Crippen LogP contribution in [0.25, 0.3) is 0 Å². The van der Waals surface area contributed by atoms with Gasteiger partial charge in [0.1, 0.15) is 18.1 Å². The van der Waals surface area contributed by atoms with Crippen LogP contribution in [-0.2, 0) is 4.74 Å². The molecule has 0 bridgehead atoms. The van der Waals surface area contributed by atoms with Gasteiger partial charge in [0.25, 0.3) is 5.91 Å². The molecular formula is C19H20ClNO4. The Bertz CT molecular complexity index is 744. The van der Waals surface area contributed by atoms with Gasteiger partial charge in [0.15, 0.2) is 0 Å². The first-order valence-electron chi connectivity index (χ1n) is 8.15. The predicted octanol–water partition coefficient (Wildman–Crippen LogP) is 4.16. The van der Waals surface area contributed by atoms with E-state index in [4.69, 9.17) is 25.8 Å². The van der Waals surface area contributed by atoms with E-state index in [0.717, 1.165) is 19.4 Å². The van der Waals surface area contributed by atoms with E-state index >= 15 is 0 Å². The SMILES string of the molecule is COc1ccc(Cl)cc1NC(=O)c1ccccc1OCC1CCCO1. The first-order valence-corrected chi connectivity index (χ1v) is 8.53. The maximum atomic E-state index is 12.7. The minimum Gasteiger partial charge on any atom is -0.495 e. The molecule has 6 heteroatoms. The van der Waals surface area contributed by atoms with Crippen LogP contribution in [0, 0.1) is 0 Å². The second-order valence-corrected chi connectivity index (χ2v) is 6.18. The van der Waals surface area contributed by atoms with E-state index in [1.807, 2.05) is 6.07 Å². The normalized spacial score (nSPS) is 16.5. The van der Waals surface area contributed by atoms with Crippen LogP contribution in [0.3, 0.4) is 0 Å². The van der Waals surface area contributed by atoms with Gasteiger partial charge in [-0.25, -0.2) is 0 Å². The number of carbonyl (C=O) groups is 1. The van der Waals surface area contributed by atoms with Gasteiger partial charge in [-0.2, -0.15) is 0 Å². The molecule has 0 saturated carbocycles. The van der Waals surface area contributed by atoms with E-state index in [1.165, 1.54) is 7.11 Å². The fraction of sp³-hybridized carbons (Fsp3) is 0.316. The van der Waals surface area contributed by atoms with Crippen molar-refractivity contribution in [1.82, 2.24) is 0 Å². The molecule has 2 aromatic rings. The molecule has 3 rings (SSSR count). The Labute approximate surface area is 151 Å². The largest absolute Gasteiger partial charge is 0.495 e. The van der Waals surface area contributed by atoms with Crippen molar-refractivity contribution in [3.63, 3.8) is 0 Å². The minimum atomic E-state index is -0.288. The molecule has 1 amide bonds. The highest BCUT2D eigenvalue weighted by atomic mass is 35.5. The molecule has 132 valence electrons. The Morgan fingerprint density at radius 3 is 2.88 bits per heavy atom. The third-order valence-electron chi connectivity index (χ3n) is 3.99. The number of hydrogen-bond donors (Lipinski definition) is 1. The predicted molar refractivity (Wildman–Crippen MR) is 96.9 cm³/mol. The average Bonchev–Trinajstić information content (AvgIpc) is 3.14. The number of hydrogen-bond acceptors (Lipinski definition) is 4. The molecular weight excluding hydrogens is 342 g/mol. The molecule has 1 N–H and O–H groups in total. The van der Waals surface area contributed by atoms with Gasteiger partial charge in [-0.3, -0.25) is 4.79 Å². The molecule has 0 aliphatic carbocycles. The van der Waals surface area contributed by atoms with E-state index in [2.05, 4.69) is 5.32 Å². The summed E-state index contributed by atoms with van der Waals surface area (Å²) < 4.78 is 16.6. The Balaban J connectivity index is 1.74. The third kappa shape index (κ3) is 4.44. The average molecular weight is 362 g/mol. The van der Waals surface area contributed by atoms with Gasteiger partial charge in [-0.15, -0.1) is 0 Å². The van der Waals surface area contributed by atoms with Gasteiger partial charge in [0, 0.05) is 11.6 Å². The highest BCUT2D eigenvalue weighted by Crippen LogP contribution is 2.29. The van der Waals surface area contributed by atoms with E-state index in [-0.39, 0.29) is 12.0 Å². The molecule has 1 unspecified atom stereocenters. The van der Waals surface area contributed by atoms with Crippen molar-refractivity contribution in [2.24, 2.45) is 0 Å². The fourth-order valence-electron chi connectivity index (χ4n) is 2.71. The van der Waals surface area contributed by atoms with Crippen LogP contribution in [0.15, 0.2) is 42.5 Å². The van der Waals surface area contributed by atoms with Crippen molar-refractivity contribution in [2.45, 2.75) is 18.9 Å². The van der Waals surface area contributed by atoms with Gasteiger partial charge >= 0.3 is 0 Å². The molecule has 1 saturated heterocycles. The lowest BCUT2D eigenvalue weighted by Crippen LogP contribution is -2.19. The first-order chi connectivity index (χ1) is 12.2. The first kappa shape index (κ1) is 17.6. The number of rotatable bonds is 6. The zero-order valence-electron chi connectivity index (χ0n) is 14.0. The van der Waals surface area contributed by atoms with E-state index in [9.17, 15) is 4.79 Å². The smallest absolute Gasteiger partial charge is 0.259 e. The summed E-state index contributed by atoms with van der Waals surface area (Å²) in [6.07, 6.45) is 2.11. The van der Waals surface area contributed by atoms with Crippen LogP contribution in [0.4, 0.5) is 5.69 Å². The lowest BCUT2D eigenvalue weighted by atomic mass is 10.1. The van der Waals surface area contributed by atoms with Gasteiger partial charge in [0.2, 0.25) is 0 Å². The molecule has 5 nitrogen and oxygen atoms in total. The molecule has 0 aromatic heterocycles. The molecule has 1 atom stereocenters. The summed E-state index contributed by atoms with van der Waals surface area (Å²) in [5, 5.41) is 3.34. The number of para-hydroxylation sites is 1. The van der Waals surface area contributed by atoms with E-state index < -0.39 is 0 Å². The number of ether oxygens (including phenoxy) is 3. The van der Waals surface area contributed by atoms with Crippen LogP contribution in [0.2, 0.25) is 5.02 Å². The van der Waals surface area contributed by atoms with Crippen LogP contribution in [-0.4, -0.2) is 32.3 Å². The zero-order valence-corrected chi connectivity index (χ0v) is 14.7. The summed E-state index contributed by atoms with van der Waals surface area (Å²) in [6.45, 7) is 1.20. The molecule has 0 spiro atoms. The van der Waals surface area contributed by atoms with E-state index in [0.29, 0.717) is 34.4 Å². The summed E-state index contributed by atoms with van der Waals surface area (Å²) in [6, 6.07) is 12.2. The summed E-state index contributed by atoms with van der Waals surface area (Å²) in [4.78, 5) is 12.7. The van der Waals surface area contributed by atoms with Crippen molar-refractivity contribution in [2.75, 3.05) is 25.6 Å². The van der Waals surface area contributed by atoms with Gasteiger partial charge in [-0.1, -0.05) is 23.7 Å². The topological polar surface area (TPSA) is 56.8 Å². The Hall–Kier alpha value is -2.24. The van der Waals surface area contributed by atoms with Crippen LogP contribution in [0.5, 0.6) is 11.5 Å². The number of anilines is 1. The number of carbonyl (C=O) groups excluding carboxylic acids is 1. The maximum Gasteiger partial charge on any atom is 0.259 e. The monoisotopic (exact) mass is 361 g/mol. The number of halogens is 1. The number of nitrogens with one attached hydrogen (secondary N) is 1. The molecule has 2 aromatic carbocycles. The van der Waals surface area contributed by atoms with Crippen molar-refractivity contribution >= 4 is 23.2 Å². The quantitative estimate of drug-likeness (QED) is 0.839. The molecule has 1 aliphatic heterocycles. The Morgan fingerprint density at radius 1 is 1.28 bits per heavy atom. The standard InChI is InChI=1S/C19H20ClNO4/c1-23-18-9-8-13(20)11-16(18)21-19(22)15-6-2-3-7-17(15)25-12-14-5-4-10-24-14/h2-3,6-9,11,14H,4-5,10,12H2,1H3,(H,21,22). The van der Waals surface area contributed by atoms with Gasteiger partial charge in [-0.05, 0) is 43.2 Å². The Morgan fingerprint density at radius 2 is 2.12 bits per heavy atom. The number of methoxy groups -OCH3 is 1. The summed E-state index contributed by atoms with van der Waals surface area (Å²) in [5.74, 6) is 0.774. The number of benzene rings is 2. The zero-order chi connectivity index (χ0) is 17.6. The number of amides is 1. The summed E-state index contributed by atoms with van der Waals surface area (Å²) in [7, 11) is 1.54. The second kappa shape index (κ2) is 8.23. The minimum absolute atomic E-state index is 0.0872. The summed E-state index contributed by atoms with van der Waals surface area (Å²) >= 11 is 6.01. The summed E-state index contributed by atoms with van der Waals surface area (Å²) in [5.41, 5.74) is 0.955. The second-order valence-electron chi connectivity index (χ2n) is 5.74. The highest BCUT2D eigenvalue weighted by molar-refractivity contribution is 6.31. The molecule has 1 aliphatic rings. The maximum absolute atomic E-state index is 12.7. The Kier molecular flexibility index (Phi) is 5.79. The van der Waals surface area contributed by atoms with Crippen LogP contribution < -0.4 is 14.8 Å². The van der Waals surface area contributed by atoms with E-state index in [1.54, 1.807) is 36.4 Å². The molecule has 25 heavy (non-hydrogen) atoms. The molecule has 0 radical (unpaired) electrons. The van der Waals surface area contributed by atoms with Gasteiger partial charge < -0.3 is 19.5 Å².